The van der Waals surface area contributed by atoms with Crippen LogP contribution in [0.15, 0.2) is 12.1 Å². The molecule has 1 rings (SSSR count). The molecular formula is C11H12N2O. The van der Waals surface area contributed by atoms with E-state index in [1.165, 1.54) is 0 Å². The lowest BCUT2D eigenvalue weighted by atomic mass is 10.1. The van der Waals surface area contributed by atoms with Crippen molar-refractivity contribution in [3.8, 4) is 11.8 Å². The van der Waals surface area contributed by atoms with Crippen molar-refractivity contribution in [2.24, 2.45) is 0 Å². The maximum atomic E-state index is 11.5. The first kappa shape index (κ1) is 10.4. The van der Waals surface area contributed by atoms with Crippen LogP contribution < -0.4 is 0 Å². The Bertz CT molecular complexity index is 371. The van der Waals surface area contributed by atoms with Crippen molar-refractivity contribution < 1.29 is 4.79 Å². The van der Waals surface area contributed by atoms with E-state index in [9.17, 15) is 4.79 Å². The number of hydrogen-bond donors (Lipinski definition) is 0. The first-order valence-corrected chi connectivity index (χ1v) is 4.47. The smallest absolute Gasteiger partial charge is 0.184 e. The van der Waals surface area contributed by atoms with Crippen LogP contribution in [-0.4, -0.2) is 16.0 Å². The van der Waals surface area contributed by atoms with E-state index in [0.29, 0.717) is 18.5 Å². The average molecular weight is 188 g/mol. The quantitative estimate of drug-likeness (QED) is 0.536. The van der Waals surface area contributed by atoms with E-state index in [4.69, 9.17) is 0 Å². The molecule has 0 fully saturated rings. The van der Waals surface area contributed by atoms with Gasteiger partial charge < -0.3 is 0 Å². The van der Waals surface area contributed by atoms with Crippen LogP contribution in [0, 0.1) is 18.8 Å². The Hall–Kier alpha value is -1.69. The third-order valence-corrected chi connectivity index (χ3v) is 1.74. The monoisotopic (exact) mass is 188 g/mol. The summed E-state index contributed by atoms with van der Waals surface area (Å²) in [6, 6.07) is 3.48. The summed E-state index contributed by atoms with van der Waals surface area (Å²) in [5, 5.41) is 7.63. The molecule has 0 radical (unpaired) electrons. The molecule has 0 atom stereocenters. The zero-order valence-corrected chi connectivity index (χ0v) is 8.37. The minimum Gasteiger partial charge on any atom is -0.292 e. The second-order valence-electron chi connectivity index (χ2n) is 2.91. The average Bonchev–Trinajstić information content (AvgIpc) is 2.19. The highest BCUT2D eigenvalue weighted by Crippen LogP contribution is 2.01. The van der Waals surface area contributed by atoms with E-state index in [1.807, 2.05) is 6.92 Å². The predicted octanol–water partition coefficient (Wildman–Crippen LogP) is 1.77. The number of aromatic nitrogens is 2. The molecule has 0 N–H and O–H groups in total. The molecule has 14 heavy (non-hydrogen) atoms. The molecular weight excluding hydrogens is 176 g/mol. The van der Waals surface area contributed by atoms with Gasteiger partial charge in [0.2, 0.25) is 0 Å². The summed E-state index contributed by atoms with van der Waals surface area (Å²) in [7, 11) is 0. The highest BCUT2D eigenvalue weighted by molar-refractivity contribution is 5.94. The first-order chi connectivity index (χ1) is 6.74. The Labute approximate surface area is 83.6 Å². The molecule has 0 spiro atoms. The number of carbonyl (C=O) groups excluding carboxylic acids is 1. The molecule has 0 aromatic carbocycles. The molecule has 0 aliphatic carbocycles. The van der Waals surface area contributed by atoms with E-state index in [-0.39, 0.29) is 5.78 Å². The maximum absolute atomic E-state index is 11.5. The molecule has 0 bridgehead atoms. The van der Waals surface area contributed by atoms with Gasteiger partial charge in [0.15, 0.2) is 5.78 Å². The lowest BCUT2D eigenvalue weighted by Crippen LogP contribution is -2.03. The Morgan fingerprint density at radius 1 is 1.43 bits per heavy atom. The number of aryl methyl sites for hydroxylation is 1. The SMILES string of the molecule is CC#CCCC(=O)c1ccc(C)nn1. The van der Waals surface area contributed by atoms with Crippen molar-refractivity contribution in [2.75, 3.05) is 0 Å². The Morgan fingerprint density at radius 2 is 2.21 bits per heavy atom. The number of rotatable bonds is 3. The molecule has 3 nitrogen and oxygen atoms in total. The van der Waals surface area contributed by atoms with Crippen LogP contribution in [0.25, 0.3) is 0 Å². The minimum atomic E-state index is 0.000231. The van der Waals surface area contributed by atoms with Gasteiger partial charge in [-0.25, -0.2) is 0 Å². The number of nitrogens with zero attached hydrogens (tertiary/aromatic N) is 2. The van der Waals surface area contributed by atoms with E-state index >= 15 is 0 Å². The van der Waals surface area contributed by atoms with E-state index in [2.05, 4.69) is 22.0 Å². The summed E-state index contributed by atoms with van der Waals surface area (Å²) in [5.74, 6) is 5.59. The van der Waals surface area contributed by atoms with Crippen molar-refractivity contribution in [2.45, 2.75) is 26.7 Å². The highest BCUT2D eigenvalue weighted by Gasteiger charge is 2.05. The van der Waals surface area contributed by atoms with Crippen molar-refractivity contribution in [3.05, 3.63) is 23.5 Å². The highest BCUT2D eigenvalue weighted by atomic mass is 16.1. The van der Waals surface area contributed by atoms with Crippen LogP contribution in [0.4, 0.5) is 0 Å². The fourth-order valence-electron chi connectivity index (χ4n) is 0.977. The summed E-state index contributed by atoms with van der Waals surface area (Å²) in [6.07, 6.45) is 1.00. The number of ketones is 1. The fourth-order valence-corrected chi connectivity index (χ4v) is 0.977. The van der Waals surface area contributed by atoms with Crippen molar-refractivity contribution in [3.63, 3.8) is 0 Å². The van der Waals surface area contributed by atoms with Crippen LogP contribution in [0.1, 0.15) is 35.9 Å². The zero-order valence-electron chi connectivity index (χ0n) is 8.37. The summed E-state index contributed by atoms with van der Waals surface area (Å²) >= 11 is 0. The lowest BCUT2D eigenvalue weighted by molar-refractivity contribution is 0.0978. The summed E-state index contributed by atoms with van der Waals surface area (Å²) < 4.78 is 0. The zero-order chi connectivity index (χ0) is 10.4. The molecule has 0 saturated heterocycles. The lowest BCUT2D eigenvalue weighted by Gasteiger charge is -1.96. The normalized spacial score (nSPS) is 9.00. The summed E-state index contributed by atoms with van der Waals surface area (Å²) in [4.78, 5) is 11.5. The molecule has 0 aliphatic heterocycles. The van der Waals surface area contributed by atoms with Gasteiger partial charge in [0.25, 0.3) is 0 Å². The third kappa shape index (κ3) is 2.98. The van der Waals surface area contributed by atoms with E-state index in [1.54, 1.807) is 19.1 Å². The van der Waals surface area contributed by atoms with Crippen molar-refractivity contribution >= 4 is 5.78 Å². The van der Waals surface area contributed by atoms with Gasteiger partial charge in [-0.3, -0.25) is 4.79 Å². The van der Waals surface area contributed by atoms with Gasteiger partial charge in [0.05, 0.1) is 5.69 Å². The van der Waals surface area contributed by atoms with Gasteiger partial charge in [0, 0.05) is 12.8 Å². The molecule has 0 saturated carbocycles. The van der Waals surface area contributed by atoms with Gasteiger partial charge in [-0.1, -0.05) is 0 Å². The van der Waals surface area contributed by atoms with Crippen molar-refractivity contribution in [1.82, 2.24) is 10.2 Å². The second-order valence-corrected chi connectivity index (χ2v) is 2.91. The van der Waals surface area contributed by atoms with Gasteiger partial charge in [-0.2, -0.15) is 5.10 Å². The first-order valence-electron chi connectivity index (χ1n) is 4.47. The second kappa shape index (κ2) is 5.13. The Balaban J connectivity index is 2.59. The molecule has 1 heterocycles. The molecule has 1 aromatic heterocycles. The van der Waals surface area contributed by atoms with Crippen LogP contribution in [0.2, 0.25) is 0 Å². The maximum Gasteiger partial charge on any atom is 0.184 e. The van der Waals surface area contributed by atoms with Gasteiger partial charge in [-0.15, -0.1) is 16.9 Å². The number of Topliss-reactive ketones (excluding diaryl/α,β-unsaturated/α-hetero) is 1. The minimum absolute atomic E-state index is 0.000231. The Kier molecular flexibility index (Phi) is 3.81. The summed E-state index contributed by atoms with van der Waals surface area (Å²) in [6.45, 7) is 3.60. The molecule has 0 aliphatic rings. The largest absolute Gasteiger partial charge is 0.292 e. The number of hydrogen-bond acceptors (Lipinski definition) is 3. The topological polar surface area (TPSA) is 42.9 Å². The Morgan fingerprint density at radius 3 is 2.79 bits per heavy atom. The van der Waals surface area contributed by atoms with E-state index in [0.717, 1.165) is 5.69 Å². The molecule has 1 aromatic rings. The van der Waals surface area contributed by atoms with Crippen LogP contribution in [0.3, 0.4) is 0 Å². The fraction of sp³-hybridized carbons (Fsp3) is 0.364. The van der Waals surface area contributed by atoms with Gasteiger partial charge in [0.1, 0.15) is 5.69 Å². The molecule has 3 heteroatoms. The van der Waals surface area contributed by atoms with Gasteiger partial charge >= 0.3 is 0 Å². The predicted molar refractivity (Wildman–Crippen MR) is 53.8 cm³/mol. The number of carbonyl (C=O) groups is 1. The molecule has 0 unspecified atom stereocenters. The molecule has 72 valence electrons. The summed E-state index contributed by atoms with van der Waals surface area (Å²) in [5.41, 5.74) is 1.24. The van der Waals surface area contributed by atoms with Crippen LogP contribution in [-0.2, 0) is 0 Å². The van der Waals surface area contributed by atoms with E-state index < -0.39 is 0 Å². The standard InChI is InChI=1S/C11H12N2O/c1-3-4-5-6-11(14)10-8-7-9(2)12-13-10/h7-8H,5-6H2,1-2H3. The van der Waals surface area contributed by atoms with Crippen LogP contribution in [0.5, 0.6) is 0 Å². The van der Waals surface area contributed by atoms with Crippen molar-refractivity contribution in [1.29, 1.82) is 0 Å². The van der Waals surface area contributed by atoms with Gasteiger partial charge in [-0.05, 0) is 26.0 Å². The third-order valence-electron chi connectivity index (χ3n) is 1.74. The van der Waals surface area contributed by atoms with Crippen LogP contribution >= 0.6 is 0 Å². The molecule has 0 amide bonds.